The molecular weight excluding hydrogens is 355 g/mol. The Morgan fingerprint density at radius 2 is 0.870 bits per heavy atom. The van der Waals surface area contributed by atoms with E-state index in [4.69, 9.17) is 19.7 Å². The van der Waals surface area contributed by atoms with Crippen LogP contribution < -0.4 is 11.5 Å². The molecule has 0 aromatic heterocycles. The van der Waals surface area contributed by atoms with Crippen LogP contribution in [-0.2, 0) is 3.74 Å². The van der Waals surface area contributed by atoms with Crippen LogP contribution in [0.25, 0.3) is 0 Å². The molecular formula is C17H43AsN2O3. The molecule has 0 spiro atoms. The summed E-state index contributed by atoms with van der Waals surface area (Å²) in [5, 5.41) is 0. The molecule has 0 amide bonds. The van der Waals surface area contributed by atoms with Gasteiger partial charge >= 0.3 is 31.8 Å². The van der Waals surface area contributed by atoms with Gasteiger partial charge in [0.05, 0.1) is 0 Å². The first-order valence-electron chi connectivity index (χ1n) is 9.26. The van der Waals surface area contributed by atoms with Gasteiger partial charge in [0.15, 0.2) is 0 Å². The number of rotatable bonds is 12. The number of hydrogen-bond donors (Lipinski definition) is 4. The van der Waals surface area contributed by atoms with Crippen molar-refractivity contribution in [2.75, 3.05) is 13.1 Å². The molecule has 0 fully saturated rings. The summed E-state index contributed by atoms with van der Waals surface area (Å²) in [6, 6.07) is 0. The molecule has 0 aromatic carbocycles. The second-order valence-electron chi connectivity index (χ2n) is 5.95. The van der Waals surface area contributed by atoms with Crippen LogP contribution in [0.4, 0.5) is 0 Å². The van der Waals surface area contributed by atoms with Crippen LogP contribution in [-0.4, -0.2) is 35.5 Å². The van der Waals surface area contributed by atoms with Crippen LogP contribution in [0.15, 0.2) is 0 Å². The van der Waals surface area contributed by atoms with E-state index in [-0.39, 0.29) is 0 Å². The molecule has 0 saturated carbocycles. The van der Waals surface area contributed by atoms with E-state index in [1.165, 1.54) is 77.0 Å². The summed E-state index contributed by atoms with van der Waals surface area (Å²) in [7, 11) is 0. The standard InChI is InChI=1S/2C8H19N.CH5AsO3/c2*1-2-3-4-5-6-7-8-9;1-2(3,4)5/h2*2-9H2,1H3;1H3,(H2,3,4,5). The van der Waals surface area contributed by atoms with E-state index in [1.54, 1.807) is 0 Å². The monoisotopic (exact) mass is 398 g/mol. The third-order valence-electron chi connectivity index (χ3n) is 3.12. The van der Waals surface area contributed by atoms with Crippen molar-refractivity contribution >= 4 is 14.2 Å². The molecule has 0 aliphatic rings. The molecule has 0 saturated heterocycles. The van der Waals surface area contributed by atoms with Gasteiger partial charge in [-0.05, 0) is 25.9 Å². The van der Waals surface area contributed by atoms with Gasteiger partial charge in [0, 0.05) is 0 Å². The Hall–Kier alpha value is 0.198. The molecule has 0 heterocycles. The van der Waals surface area contributed by atoms with Crippen molar-refractivity contribution in [2.24, 2.45) is 11.5 Å². The molecule has 0 aromatic rings. The average Bonchev–Trinajstić information content (AvgIpc) is 2.46. The van der Waals surface area contributed by atoms with Crippen LogP contribution in [0.3, 0.4) is 0 Å². The van der Waals surface area contributed by atoms with E-state index in [0.29, 0.717) is 0 Å². The Bertz CT molecular complexity index is 202. The first-order valence-corrected chi connectivity index (χ1v) is 13.6. The second-order valence-corrected chi connectivity index (χ2v) is 9.45. The summed E-state index contributed by atoms with van der Waals surface area (Å²) < 4.78 is 24.8. The average molecular weight is 398 g/mol. The molecule has 0 aliphatic heterocycles. The van der Waals surface area contributed by atoms with Gasteiger partial charge in [0.2, 0.25) is 0 Å². The van der Waals surface area contributed by atoms with Crippen molar-refractivity contribution < 1.29 is 11.9 Å². The summed E-state index contributed by atoms with van der Waals surface area (Å²) >= 11 is -4.12. The predicted molar refractivity (Wildman–Crippen MR) is 102 cm³/mol. The first kappa shape index (κ1) is 28.0. The molecule has 0 atom stereocenters. The molecule has 0 bridgehead atoms. The zero-order chi connectivity index (χ0) is 18.4. The van der Waals surface area contributed by atoms with E-state index < -0.39 is 14.2 Å². The molecule has 5 nitrogen and oxygen atoms in total. The number of unbranched alkanes of at least 4 members (excludes halogenated alkanes) is 10. The topological polar surface area (TPSA) is 110 Å². The summed E-state index contributed by atoms with van der Waals surface area (Å²) in [5.74, 6) is 0. The Labute approximate surface area is 147 Å². The third kappa shape index (κ3) is 60.9. The summed E-state index contributed by atoms with van der Waals surface area (Å²) in [6.45, 7) is 6.21. The minimum absolute atomic E-state index is 0.867. The van der Waals surface area contributed by atoms with Crippen LogP contribution in [0.1, 0.15) is 90.9 Å². The normalized spacial score (nSPS) is 10.4. The first-order chi connectivity index (χ1) is 10.8. The summed E-state index contributed by atoms with van der Waals surface area (Å²) in [6.07, 6.45) is 16.1. The van der Waals surface area contributed by atoms with Crippen LogP contribution in [0.5, 0.6) is 0 Å². The van der Waals surface area contributed by atoms with Crippen LogP contribution in [0.2, 0.25) is 5.71 Å². The molecule has 144 valence electrons. The van der Waals surface area contributed by atoms with Gasteiger partial charge in [-0.1, -0.05) is 78.1 Å². The molecule has 0 rings (SSSR count). The van der Waals surface area contributed by atoms with Crippen molar-refractivity contribution in [3.8, 4) is 0 Å². The minimum atomic E-state index is -4.12. The number of hydrogen-bond acceptors (Lipinski definition) is 3. The van der Waals surface area contributed by atoms with E-state index in [0.717, 1.165) is 18.8 Å². The summed E-state index contributed by atoms with van der Waals surface area (Å²) in [4.78, 5) is 0. The van der Waals surface area contributed by atoms with E-state index in [2.05, 4.69) is 13.8 Å². The summed E-state index contributed by atoms with van der Waals surface area (Å²) in [5.41, 5.74) is 11.6. The Kier molecular flexibility index (Phi) is 29.8. The van der Waals surface area contributed by atoms with E-state index in [1.807, 2.05) is 0 Å². The van der Waals surface area contributed by atoms with Crippen molar-refractivity contribution in [1.29, 1.82) is 0 Å². The van der Waals surface area contributed by atoms with Crippen molar-refractivity contribution in [1.82, 2.24) is 0 Å². The van der Waals surface area contributed by atoms with Crippen molar-refractivity contribution in [2.45, 2.75) is 96.6 Å². The zero-order valence-electron chi connectivity index (χ0n) is 15.8. The number of nitrogens with two attached hydrogens (primary N) is 2. The van der Waals surface area contributed by atoms with Crippen LogP contribution >= 0.6 is 0 Å². The fraction of sp³-hybridized carbons (Fsp3) is 1.00. The fourth-order valence-electron chi connectivity index (χ4n) is 1.85. The molecule has 6 heteroatoms. The molecule has 23 heavy (non-hydrogen) atoms. The Morgan fingerprint density at radius 3 is 1.09 bits per heavy atom. The van der Waals surface area contributed by atoms with Gasteiger partial charge in [-0.15, -0.1) is 0 Å². The zero-order valence-corrected chi connectivity index (χ0v) is 17.7. The van der Waals surface area contributed by atoms with Crippen LogP contribution in [0, 0.1) is 0 Å². The molecule has 0 aliphatic carbocycles. The maximum atomic E-state index is 9.39. The predicted octanol–water partition coefficient (Wildman–Crippen LogP) is 3.58. The van der Waals surface area contributed by atoms with Gasteiger partial charge in [-0.2, -0.15) is 0 Å². The van der Waals surface area contributed by atoms with Gasteiger partial charge in [-0.25, -0.2) is 0 Å². The molecule has 0 radical (unpaired) electrons. The van der Waals surface area contributed by atoms with Gasteiger partial charge in [0.25, 0.3) is 0 Å². The Balaban J connectivity index is -0.000000273. The van der Waals surface area contributed by atoms with Gasteiger partial charge in [-0.3, -0.25) is 0 Å². The fourth-order valence-corrected chi connectivity index (χ4v) is 1.85. The SMILES string of the molecule is CCCCCCCCN.CCCCCCCCN.C[As](=O)(O)O. The van der Waals surface area contributed by atoms with E-state index in [9.17, 15) is 3.74 Å². The van der Waals surface area contributed by atoms with Gasteiger partial charge < -0.3 is 11.5 Å². The maximum absolute atomic E-state index is 9.39. The van der Waals surface area contributed by atoms with Crippen molar-refractivity contribution in [3.05, 3.63) is 0 Å². The van der Waals surface area contributed by atoms with E-state index >= 15 is 0 Å². The molecule has 0 unspecified atom stereocenters. The second kappa shape index (κ2) is 24.5. The van der Waals surface area contributed by atoms with Crippen molar-refractivity contribution in [3.63, 3.8) is 0 Å². The third-order valence-corrected chi connectivity index (χ3v) is 3.12. The van der Waals surface area contributed by atoms with Gasteiger partial charge in [0.1, 0.15) is 0 Å². The quantitative estimate of drug-likeness (QED) is 0.297. The molecule has 6 N–H and O–H groups in total. The Morgan fingerprint density at radius 1 is 0.652 bits per heavy atom.